The van der Waals surface area contributed by atoms with Crippen LogP contribution in [0, 0.1) is 11.8 Å². The maximum absolute atomic E-state index is 12.7. The molecule has 1 aliphatic carbocycles. The summed E-state index contributed by atoms with van der Waals surface area (Å²) in [6.07, 6.45) is 3.04. The second-order valence-electron chi connectivity index (χ2n) is 6.64. The normalized spacial score (nSPS) is 29.3. The number of hydrogen-bond donors (Lipinski definition) is 1. The zero-order chi connectivity index (χ0) is 15.9. The van der Waals surface area contributed by atoms with Gasteiger partial charge in [0.25, 0.3) is 0 Å². The van der Waals surface area contributed by atoms with Crippen LogP contribution in [0.3, 0.4) is 0 Å². The van der Waals surface area contributed by atoms with Crippen LogP contribution in [0.5, 0.6) is 0 Å². The molecule has 0 unspecified atom stereocenters. The molecule has 1 heterocycles. The molecule has 3 rings (SSSR count). The summed E-state index contributed by atoms with van der Waals surface area (Å²) in [5, 5.41) is 1.16. The number of rotatable bonds is 3. The molecule has 1 aromatic carbocycles. The summed E-state index contributed by atoms with van der Waals surface area (Å²) < 4.78 is 0. The lowest BCUT2D eigenvalue weighted by Crippen LogP contribution is -2.45. The molecule has 120 valence electrons. The van der Waals surface area contributed by atoms with E-state index in [1.807, 2.05) is 24.0 Å². The number of piperidine rings is 1. The summed E-state index contributed by atoms with van der Waals surface area (Å²) >= 11 is 12.3. The lowest BCUT2D eigenvalue weighted by Gasteiger charge is -2.35. The van der Waals surface area contributed by atoms with E-state index in [0.717, 1.165) is 37.9 Å². The number of nitrogens with two attached hydrogens (primary N) is 1. The van der Waals surface area contributed by atoms with E-state index in [1.165, 1.54) is 0 Å². The zero-order valence-electron chi connectivity index (χ0n) is 12.8. The summed E-state index contributed by atoms with van der Waals surface area (Å²) in [6, 6.07) is 5.81. The highest BCUT2D eigenvalue weighted by Gasteiger charge is 2.47. The fraction of sp³-hybridized carbons (Fsp3) is 0.588. The van der Waals surface area contributed by atoms with Crippen LogP contribution in [0.4, 0.5) is 0 Å². The number of amides is 1. The molecule has 2 N–H and O–H groups in total. The quantitative estimate of drug-likeness (QED) is 0.912. The molecule has 0 bridgehead atoms. The van der Waals surface area contributed by atoms with Crippen LogP contribution >= 0.6 is 23.2 Å². The summed E-state index contributed by atoms with van der Waals surface area (Å²) in [4.78, 5) is 14.7. The number of nitrogens with zero attached hydrogens (tertiary/aromatic N) is 1. The van der Waals surface area contributed by atoms with Crippen molar-refractivity contribution in [2.24, 2.45) is 17.6 Å². The van der Waals surface area contributed by atoms with Gasteiger partial charge in [0.1, 0.15) is 0 Å². The Hall–Kier alpha value is -0.770. The number of carbonyl (C=O) groups is 1. The lowest BCUT2D eigenvalue weighted by atomic mass is 9.92. The molecule has 4 atom stereocenters. The molecular formula is C17H22Cl2N2O. The van der Waals surface area contributed by atoms with Gasteiger partial charge in [-0.2, -0.15) is 0 Å². The first-order chi connectivity index (χ1) is 10.5. The van der Waals surface area contributed by atoms with Crippen LogP contribution < -0.4 is 5.73 Å². The third-order valence-electron chi connectivity index (χ3n) is 5.00. The van der Waals surface area contributed by atoms with E-state index in [4.69, 9.17) is 28.9 Å². The average molecular weight is 341 g/mol. The molecule has 1 aliphatic heterocycles. The predicted octanol–water partition coefficient (Wildman–Crippen LogP) is 3.68. The van der Waals surface area contributed by atoms with E-state index >= 15 is 0 Å². The highest BCUT2D eigenvalue weighted by molar-refractivity contribution is 6.42. The van der Waals surface area contributed by atoms with Crippen molar-refractivity contribution in [2.45, 2.75) is 38.1 Å². The zero-order valence-corrected chi connectivity index (χ0v) is 14.3. The minimum Gasteiger partial charge on any atom is -0.342 e. The molecule has 22 heavy (non-hydrogen) atoms. The van der Waals surface area contributed by atoms with Crippen LogP contribution in [0.1, 0.15) is 37.7 Å². The Morgan fingerprint density at radius 2 is 2.18 bits per heavy atom. The highest BCUT2D eigenvalue weighted by Crippen LogP contribution is 2.51. The van der Waals surface area contributed by atoms with Gasteiger partial charge in [0.2, 0.25) is 5.91 Å². The number of halogens is 2. The molecule has 5 heteroatoms. The number of hydrogen-bond acceptors (Lipinski definition) is 2. The topological polar surface area (TPSA) is 46.3 Å². The summed E-state index contributed by atoms with van der Waals surface area (Å²) in [6.45, 7) is 3.68. The summed E-state index contributed by atoms with van der Waals surface area (Å²) in [5.41, 5.74) is 7.01. The maximum Gasteiger partial charge on any atom is 0.226 e. The summed E-state index contributed by atoms with van der Waals surface area (Å²) in [5.74, 6) is 0.952. The van der Waals surface area contributed by atoms with Gasteiger partial charge in [0.05, 0.1) is 10.0 Å². The van der Waals surface area contributed by atoms with Gasteiger partial charge in [0, 0.05) is 25.0 Å². The van der Waals surface area contributed by atoms with Gasteiger partial charge in [-0.15, -0.1) is 0 Å². The monoisotopic (exact) mass is 340 g/mol. The van der Waals surface area contributed by atoms with E-state index < -0.39 is 0 Å². The molecule has 0 radical (unpaired) electrons. The van der Waals surface area contributed by atoms with Crippen molar-refractivity contribution >= 4 is 29.1 Å². The van der Waals surface area contributed by atoms with Crippen molar-refractivity contribution in [3.05, 3.63) is 33.8 Å². The fourth-order valence-corrected chi connectivity index (χ4v) is 3.94. The first-order valence-corrected chi connectivity index (χ1v) is 8.73. The third-order valence-corrected chi connectivity index (χ3v) is 5.84. The van der Waals surface area contributed by atoms with Gasteiger partial charge in [0.15, 0.2) is 0 Å². The molecule has 0 spiro atoms. The molecule has 2 fully saturated rings. The van der Waals surface area contributed by atoms with Crippen LogP contribution in [0.25, 0.3) is 0 Å². The van der Waals surface area contributed by atoms with E-state index in [1.54, 1.807) is 6.07 Å². The Bertz CT molecular complexity index is 576. The SMILES string of the molecule is C[C@H](N)[C@@H]1CCCN(C(=O)[C@@H]2C[C@H]2c2cccc(Cl)c2Cl)C1. The average Bonchev–Trinajstić information content (AvgIpc) is 3.29. The third kappa shape index (κ3) is 3.12. The Labute approximate surface area is 141 Å². The Morgan fingerprint density at radius 1 is 1.41 bits per heavy atom. The standard InChI is InChI=1S/C17H22Cl2N2O/c1-10(20)11-4-3-7-21(9-11)17(22)14-8-13(14)12-5-2-6-15(18)16(12)19/h2,5-6,10-11,13-14H,3-4,7-9,20H2,1H3/t10-,11+,13-,14+/m0/s1. The second-order valence-corrected chi connectivity index (χ2v) is 7.42. The highest BCUT2D eigenvalue weighted by atomic mass is 35.5. The maximum atomic E-state index is 12.7. The first kappa shape index (κ1) is 16.1. The minimum absolute atomic E-state index is 0.0581. The van der Waals surface area contributed by atoms with E-state index in [9.17, 15) is 4.79 Å². The van der Waals surface area contributed by atoms with E-state index in [2.05, 4.69) is 0 Å². The smallest absolute Gasteiger partial charge is 0.226 e. The van der Waals surface area contributed by atoms with E-state index in [0.29, 0.717) is 16.0 Å². The largest absolute Gasteiger partial charge is 0.342 e. The molecule has 2 aliphatic rings. The summed E-state index contributed by atoms with van der Waals surface area (Å²) in [7, 11) is 0. The molecular weight excluding hydrogens is 319 g/mol. The van der Waals surface area contributed by atoms with Gasteiger partial charge in [-0.25, -0.2) is 0 Å². The van der Waals surface area contributed by atoms with Crippen LogP contribution in [0.2, 0.25) is 10.0 Å². The number of carbonyl (C=O) groups excluding carboxylic acids is 1. The number of likely N-dealkylation sites (tertiary alicyclic amines) is 1. The minimum atomic E-state index is 0.0581. The predicted molar refractivity (Wildman–Crippen MR) is 90.3 cm³/mol. The molecule has 1 amide bonds. The molecule has 3 nitrogen and oxygen atoms in total. The lowest BCUT2D eigenvalue weighted by molar-refractivity contribution is -0.134. The Kier molecular flexibility index (Phi) is 4.67. The molecule has 0 aromatic heterocycles. The van der Waals surface area contributed by atoms with Crippen molar-refractivity contribution in [3.8, 4) is 0 Å². The van der Waals surface area contributed by atoms with Gasteiger partial charge in [-0.3, -0.25) is 4.79 Å². The molecule has 1 aromatic rings. The fourth-order valence-electron chi connectivity index (χ4n) is 3.49. The molecule has 1 saturated heterocycles. The van der Waals surface area contributed by atoms with Crippen LogP contribution in [-0.2, 0) is 4.79 Å². The second kappa shape index (κ2) is 6.38. The van der Waals surface area contributed by atoms with Gasteiger partial charge in [-0.1, -0.05) is 35.3 Å². The Balaban J connectivity index is 1.66. The van der Waals surface area contributed by atoms with Crippen molar-refractivity contribution in [2.75, 3.05) is 13.1 Å². The Morgan fingerprint density at radius 3 is 2.91 bits per heavy atom. The van der Waals surface area contributed by atoms with Crippen molar-refractivity contribution < 1.29 is 4.79 Å². The molecule has 1 saturated carbocycles. The van der Waals surface area contributed by atoms with Crippen LogP contribution in [0.15, 0.2) is 18.2 Å². The van der Waals surface area contributed by atoms with Crippen molar-refractivity contribution in [1.29, 1.82) is 0 Å². The van der Waals surface area contributed by atoms with Crippen molar-refractivity contribution in [3.63, 3.8) is 0 Å². The van der Waals surface area contributed by atoms with E-state index in [-0.39, 0.29) is 23.8 Å². The van der Waals surface area contributed by atoms with Gasteiger partial charge >= 0.3 is 0 Å². The van der Waals surface area contributed by atoms with Gasteiger partial charge in [-0.05, 0) is 49.7 Å². The van der Waals surface area contributed by atoms with Gasteiger partial charge < -0.3 is 10.6 Å². The number of benzene rings is 1. The van der Waals surface area contributed by atoms with Crippen LogP contribution in [-0.4, -0.2) is 29.9 Å². The first-order valence-electron chi connectivity index (χ1n) is 7.97. The van der Waals surface area contributed by atoms with Crippen molar-refractivity contribution in [1.82, 2.24) is 4.90 Å².